The van der Waals surface area contributed by atoms with Crippen molar-refractivity contribution in [3.63, 3.8) is 0 Å². The first-order valence-electron chi connectivity index (χ1n) is 11.0. The summed E-state index contributed by atoms with van der Waals surface area (Å²) in [5.74, 6) is -0.757. The van der Waals surface area contributed by atoms with E-state index in [-0.39, 0.29) is 27.9 Å². The smallest absolute Gasteiger partial charge is 0.410 e. The number of nitrogens with two attached hydrogens (primary N) is 1. The van der Waals surface area contributed by atoms with Crippen LogP contribution in [-0.4, -0.2) is 61.8 Å². The molecule has 0 saturated carbocycles. The monoisotopic (exact) mass is 503 g/mol. The number of carbonyl (C=O) groups is 2. The van der Waals surface area contributed by atoms with Crippen molar-refractivity contribution in [2.75, 3.05) is 25.9 Å². The van der Waals surface area contributed by atoms with Crippen LogP contribution in [0.5, 0.6) is 0 Å². The summed E-state index contributed by atoms with van der Waals surface area (Å²) in [6.07, 6.45) is 1.80. The van der Waals surface area contributed by atoms with Crippen LogP contribution in [0, 0.1) is 11.3 Å². The molecule has 1 fully saturated rings. The fourth-order valence-electron chi connectivity index (χ4n) is 3.71. The summed E-state index contributed by atoms with van der Waals surface area (Å²) in [5, 5.41) is 9.30. The highest BCUT2D eigenvalue weighted by Gasteiger charge is 2.30. The Kier molecular flexibility index (Phi) is 7.42. The molecule has 2 heterocycles. The number of anilines is 1. The Morgan fingerprint density at radius 1 is 1.23 bits per heavy atom. The first kappa shape index (κ1) is 26.1. The van der Waals surface area contributed by atoms with E-state index in [4.69, 9.17) is 15.2 Å². The van der Waals surface area contributed by atoms with Gasteiger partial charge in [-0.2, -0.15) is 5.26 Å². The molecule has 3 N–H and O–H groups in total. The van der Waals surface area contributed by atoms with Crippen LogP contribution in [-0.2, 0) is 19.5 Å². The molecule has 1 saturated heterocycles. The molecule has 3 rings (SSSR count). The minimum Gasteiger partial charge on any atom is -0.464 e. The third kappa shape index (κ3) is 5.93. The lowest BCUT2D eigenvalue weighted by atomic mass is 10.1. The summed E-state index contributed by atoms with van der Waals surface area (Å²) >= 11 is 0. The minimum absolute atomic E-state index is 0.0221. The van der Waals surface area contributed by atoms with Crippen LogP contribution in [0.4, 0.5) is 10.5 Å². The molecule has 0 atom stereocenters. The summed E-state index contributed by atoms with van der Waals surface area (Å²) in [6.45, 7) is 6.10. The van der Waals surface area contributed by atoms with Crippen LogP contribution < -0.4 is 10.5 Å². The maximum Gasteiger partial charge on any atom is 0.410 e. The molecule has 188 valence electrons. The van der Waals surface area contributed by atoms with Gasteiger partial charge in [-0.15, -0.1) is 0 Å². The molecule has 1 aliphatic rings. The predicted octanol–water partition coefficient (Wildman–Crippen LogP) is 2.40. The van der Waals surface area contributed by atoms with Crippen LogP contribution in [0.2, 0.25) is 0 Å². The molecule has 0 aliphatic carbocycles. The topological polar surface area (TPSA) is 157 Å². The number of hydrogen-bond acceptors (Lipinski definition) is 8. The SMILES string of the molecule is COC(=O)c1c(N)c(C#N)cn1-c1cccc(S(=O)(=O)NC2CCN(C(=O)OC(C)(C)C)CC2)c1. The van der Waals surface area contributed by atoms with Gasteiger partial charge in [-0.1, -0.05) is 6.07 Å². The molecule has 0 radical (unpaired) electrons. The first-order chi connectivity index (χ1) is 16.4. The van der Waals surface area contributed by atoms with Crippen LogP contribution in [0.3, 0.4) is 0 Å². The van der Waals surface area contributed by atoms with Gasteiger partial charge in [0.05, 0.1) is 23.3 Å². The van der Waals surface area contributed by atoms with Gasteiger partial charge in [0.2, 0.25) is 10.0 Å². The zero-order valence-electron chi connectivity index (χ0n) is 20.1. The van der Waals surface area contributed by atoms with E-state index in [1.807, 2.05) is 6.07 Å². The second kappa shape index (κ2) is 9.97. The lowest BCUT2D eigenvalue weighted by molar-refractivity contribution is 0.0203. The number of benzene rings is 1. The summed E-state index contributed by atoms with van der Waals surface area (Å²) < 4.78 is 40.4. The van der Waals surface area contributed by atoms with Gasteiger partial charge in [0, 0.05) is 31.0 Å². The van der Waals surface area contributed by atoms with Gasteiger partial charge in [0.1, 0.15) is 11.7 Å². The van der Waals surface area contributed by atoms with Gasteiger partial charge in [-0.05, 0) is 51.8 Å². The Morgan fingerprint density at radius 3 is 2.46 bits per heavy atom. The van der Waals surface area contributed by atoms with Gasteiger partial charge in [-0.25, -0.2) is 22.7 Å². The number of nitrogens with one attached hydrogen (secondary N) is 1. The molecule has 0 spiro atoms. The van der Waals surface area contributed by atoms with E-state index in [1.165, 1.54) is 36.1 Å². The molecule has 11 nitrogen and oxygen atoms in total. The van der Waals surface area contributed by atoms with E-state index in [1.54, 1.807) is 31.7 Å². The number of amides is 1. The molecule has 0 bridgehead atoms. The number of piperidine rings is 1. The van der Waals surface area contributed by atoms with E-state index < -0.39 is 27.7 Å². The van der Waals surface area contributed by atoms with Crippen molar-refractivity contribution >= 4 is 27.8 Å². The average molecular weight is 504 g/mol. The summed E-state index contributed by atoms with van der Waals surface area (Å²) in [7, 11) is -2.73. The highest BCUT2D eigenvalue weighted by Crippen LogP contribution is 2.26. The standard InChI is InChI=1S/C23H29N5O6S/c1-23(2,3)34-22(30)27-10-8-16(9-11-27)26-35(31,32)18-7-5-6-17(12-18)28-14-15(13-24)19(25)20(28)21(29)33-4/h5-7,12,14,16,26H,8-11,25H2,1-4H3. The van der Waals surface area contributed by atoms with Crippen molar-refractivity contribution in [1.82, 2.24) is 14.2 Å². The highest BCUT2D eigenvalue weighted by molar-refractivity contribution is 7.89. The average Bonchev–Trinajstić information content (AvgIpc) is 3.14. The van der Waals surface area contributed by atoms with Crippen LogP contribution in [0.25, 0.3) is 5.69 Å². The number of rotatable bonds is 5. The molecule has 12 heteroatoms. The molecule has 1 aliphatic heterocycles. The maximum absolute atomic E-state index is 13.1. The molecular formula is C23H29N5O6S. The summed E-state index contributed by atoms with van der Waals surface area (Å²) in [5.41, 5.74) is 5.59. The number of methoxy groups -OCH3 is 1. The summed E-state index contributed by atoms with van der Waals surface area (Å²) in [6, 6.07) is 7.47. The van der Waals surface area contributed by atoms with Crippen molar-refractivity contribution in [2.45, 2.75) is 50.2 Å². The largest absolute Gasteiger partial charge is 0.464 e. The number of sulfonamides is 1. The Bertz CT molecular complexity index is 1260. The molecule has 35 heavy (non-hydrogen) atoms. The third-order valence-electron chi connectivity index (χ3n) is 5.42. The molecule has 0 unspecified atom stereocenters. The number of nitriles is 1. The molecule has 1 aromatic carbocycles. The third-order valence-corrected chi connectivity index (χ3v) is 6.94. The van der Waals surface area contributed by atoms with E-state index >= 15 is 0 Å². The van der Waals surface area contributed by atoms with Crippen molar-refractivity contribution in [3.05, 3.63) is 41.7 Å². The molecule has 2 aromatic rings. The number of carbonyl (C=O) groups excluding carboxylic acids is 2. The predicted molar refractivity (Wildman–Crippen MR) is 127 cm³/mol. The number of likely N-dealkylation sites (tertiary alicyclic amines) is 1. The number of esters is 1. The van der Waals surface area contributed by atoms with Crippen molar-refractivity contribution < 1.29 is 27.5 Å². The van der Waals surface area contributed by atoms with E-state index in [9.17, 15) is 23.3 Å². The lowest BCUT2D eigenvalue weighted by Gasteiger charge is -2.33. The van der Waals surface area contributed by atoms with Crippen molar-refractivity contribution in [2.24, 2.45) is 0 Å². The molecular weight excluding hydrogens is 474 g/mol. The number of nitrogens with zero attached hydrogens (tertiary/aromatic N) is 3. The van der Waals surface area contributed by atoms with Crippen LogP contribution >= 0.6 is 0 Å². The van der Waals surface area contributed by atoms with Gasteiger partial charge in [0.15, 0.2) is 5.69 Å². The fraction of sp³-hybridized carbons (Fsp3) is 0.435. The van der Waals surface area contributed by atoms with Gasteiger partial charge < -0.3 is 24.7 Å². The number of ether oxygens (including phenoxy) is 2. The normalized spacial score (nSPS) is 14.9. The first-order valence-corrected chi connectivity index (χ1v) is 12.4. The Hall–Kier alpha value is -3.56. The fourth-order valence-corrected chi connectivity index (χ4v) is 5.06. The van der Waals surface area contributed by atoms with Gasteiger partial charge >= 0.3 is 12.1 Å². The highest BCUT2D eigenvalue weighted by atomic mass is 32.2. The summed E-state index contributed by atoms with van der Waals surface area (Å²) in [4.78, 5) is 26.0. The van der Waals surface area contributed by atoms with E-state index in [2.05, 4.69) is 4.72 Å². The Labute approximate surface area is 204 Å². The second-order valence-corrected chi connectivity index (χ2v) is 10.9. The Balaban J connectivity index is 1.78. The van der Waals surface area contributed by atoms with Crippen LogP contribution in [0.15, 0.2) is 35.4 Å². The zero-order chi connectivity index (χ0) is 26.0. The van der Waals surface area contributed by atoms with Crippen molar-refractivity contribution in [3.8, 4) is 11.8 Å². The molecule has 1 amide bonds. The minimum atomic E-state index is -3.91. The number of hydrogen-bond donors (Lipinski definition) is 2. The number of aromatic nitrogens is 1. The second-order valence-electron chi connectivity index (χ2n) is 9.14. The molecule has 1 aromatic heterocycles. The maximum atomic E-state index is 13.1. The van der Waals surface area contributed by atoms with Crippen molar-refractivity contribution in [1.29, 1.82) is 5.26 Å². The number of nitrogen functional groups attached to an aromatic ring is 1. The Morgan fingerprint density at radius 2 is 1.89 bits per heavy atom. The quantitative estimate of drug-likeness (QED) is 0.589. The van der Waals surface area contributed by atoms with E-state index in [0.29, 0.717) is 31.6 Å². The van der Waals surface area contributed by atoms with Gasteiger partial charge in [-0.3, -0.25) is 0 Å². The lowest BCUT2D eigenvalue weighted by Crippen LogP contribution is -2.47. The van der Waals surface area contributed by atoms with Crippen LogP contribution in [0.1, 0.15) is 49.7 Å². The van der Waals surface area contributed by atoms with E-state index in [0.717, 1.165) is 0 Å². The zero-order valence-corrected chi connectivity index (χ0v) is 20.9. The van der Waals surface area contributed by atoms with Gasteiger partial charge in [0.25, 0.3) is 0 Å².